The molecule has 0 bridgehead atoms. The number of aliphatic hydroxyl groups is 1. The Labute approximate surface area is 120 Å². The zero-order chi connectivity index (χ0) is 14.5. The Morgan fingerprint density at radius 2 is 2.20 bits per heavy atom. The Hall–Kier alpha value is -1.55. The van der Waals surface area contributed by atoms with Gasteiger partial charge in [0.1, 0.15) is 11.5 Å². The third kappa shape index (κ3) is 3.97. The van der Waals surface area contributed by atoms with E-state index in [1.165, 1.54) is 6.08 Å². The monoisotopic (exact) mass is 277 g/mol. The average molecular weight is 277 g/mol. The number of likely N-dealkylation sites (N-methyl/N-ethyl adjacent to an activating group) is 1. The van der Waals surface area contributed by atoms with Gasteiger partial charge in [0.05, 0.1) is 6.10 Å². The van der Waals surface area contributed by atoms with Crippen LogP contribution >= 0.6 is 0 Å². The minimum Gasteiger partial charge on any atom is -0.462 e. The van der Waals surface area contributed by atoms with Gasteiger partial charge in [-0.15, -0.1) is 0 Å². The number of hydrogen-bond donors (Lipinski definition) is 1. The van der Waals surface area contributed by atoms with Gasteiger partial charge in [-0.2, -0.15) is 0 Å². The van der Waals surface area contributed by atoms with Crippen LogP contribution in [0.25, 0.3) is 6.08 Å². The summed E-state index contributed by atoms with van der Waals surface area (Å²) in [4.78, 5) is 13.7. The topological polar surface area (TPSA) is 53.7 Å². The van der Waals surface area contributed by atoms with Crippen molar-refractivity contribution in [2.75, 3.05) is 13.6 Å². The number of aliphatic hydroxyl groups excluding tert-OH is 1. The van der Waals surface area contributed by atoms with E-state index >= 15 is 0 Å². The molecule has 0 aromatic carbocycles. The zero-order valence-corrected chi connectivity index (χ0v) is 12.2. The molecule has 4 heteroatoms. The summed E-state index contributed by atoms with van der Waals surface area (Å²) in [5.41, 5.74) is 0. The SMILES string of the molecule is Cc1ccc(/C=C/C(=O)N(C)CC2CCCCC2O)o1. The molecular weight excluding hydrogens is 254 g/mol. The van der Waals surface area contributed by atoms with E-state index in [1.54, 1.807) is 18.0 Å². The van der Waals surface area contributed by atoms with Gasteiger partial charge < -0.3 is 14.4 Å². The maximum absolute atomic E-state index is 12.0. The highest BCUT2D eigenvalue weighted by molar-refractivity contribution is 5.91. The molecule has 1 fully saturated rings. The molecule has 2 unspecified atom stereocenters. The molecule has 2 atom stereocenters. The van der Waals surface area contributed by atoms with Crippen LogP contribution in [-0.2, 0) is 4.79 Å². The molecule has 1 heterocycles. The number of furan rings is 1. The van der Waals surface area contributed by atoms with Crippen molar-refractivity contribution in [2.24, 2.45) is 5.92 Å². The predicted octanol–water partition coefficient (Wildman–Crippen LogP) is 2.61. The van der Waals surface area contributed by atoms with E-state index in [9.17, 15) is 9.90 Å². The predicted molar refractivity (Wildman–Crippen MR) is 78.1 cm³/mol. The van der Waals surface area contributed by atoms with Gasteiger partial charge in [0.25, 0.3) is 0 Å². The minimum absolute atomic E-state index is 0.0585. The summed E-state index contributed by atoms with van der Waals surface area (Å²) in [7, 11) is 1.78. The summed E-state index contributed by atoms with van der Waals surface area (Å²) in [6, 6.07) is 3.70. The standard InChI is InChI=1S/C16H23NO3/c1-12-7-8-14(20-12)9-10-16(19)17(2)11-13-5-3-4-6-15(13)18/h7-10,13,15,18H,3-6,11H2,1-2H3/b10-9+. The first-order chi connectivity index (χ1) is 9.56. The second-order valence-corrected chi connectivity index (χ2v) is 5.61. The van der Waals surface area contributed by atoms with E-state index in [-0.39, 0.29) is 17.9 Å². The Bertz CT molecular complexity index is 478. The van der Waals surface area contributed by atoms with Gasteiger partial charge in [0.2, 0.25) is 5.91 Å². The van der Waals surface area contributed by atoms with Crippen LogP contribution in [0.1, 0.15) is 37.2 Å². The van der Waals surface area contributed by atoms with E-state index in [2.05, 4.69) is 0 Å². The molecule has 20 heavy (non-hydrogen) atoms. The quantitative estimate of drug-likeness (QED) is 0.861. The Balaban J connectivity index is 1.86. The van der Waals surface area contributed by atoms with Crippen LogP contribution in [0.3, 0.4) is 0 Å². The smallest absolute Gasteiger partial charge is 0.246 e. The van der Waals surface area contributed by atoms with Crippen molar-refractivity contribution in [3.05, 3.63) is 29.7 Å². The molecule has 0 spiro atoms. The zero-order valence-electron chi connectivity index (χ0n) is 12.2. The molecule has 110 valence electrons. The van der Waals surface area contributed by atoms with Crippen LogP contribution < -0.4 is 0 Å². The molecule has 1 aromatic rings. The molecule has 0 saturated heterocycles. The molecule has 4 nitrogen and oxygen atoms in total. The Morgan fingerprint density at radius 3 is 2.85 bits per heavy atom. The van der Waals surface area contributed by atoms with Crippen LogP contribution in [0.2, 0.25) is 0 Å². The number of rotatable bonds is 4. The molecule has 0 aliphatic heterocycles. The van der Waals surface area contributed by atoms with Crippen molar-refractivity contribution in [1.29, 1.82) is 0 Å². The lowest BCUT2D eigenvalue weighted by molar-refractivity contribution is -0.126. The van der Waals surface area contributed by atoms with Crippen LogP contribution in [-0.4, -0.2) is 35.6 Å². The number of aryl methyl sites for hydroxylation is 1. The third-order valence-electron chi connectivity index (χ3n) is 3.90. The second-order valence-electron chi connectivity index (χ2n) is 5.61. The first kappa shape index (κ1) is 14.9. The average Bonchev–Trinajstić information content (AvgIpc) is 2.84. The van der Waals surface area contributed by atoms with Gasteiger partial charge in [-0.05, 0) is 38.0 Å². The lowest BCUT2D eigenvalue weighted by Gasteiger charge is -2.30. The lowest BCUT2D eigenvalue weighted by atomic mass is 9.86. The van der Waals surface area contributed by atoms with Crippen LogP contribution in [0.15, 0.2) is 22.6 Å². The molecule has 1 aromatic heterocycles. The van der Waals surface area contributed by atoms with Gasteiger partial charge in [0.15, 0.2) is 0 Å². The molecule has 1 aliphatic rings. The lowest BCUT2D eigenvalue weighted by Crippen LogP contribution is -2.37. The van der Waals surface area contributed by atoms with Crippen molar-refractivity contribution in [2.45, 2.75) is 38.7 Å². The largest absolute Gasteiger partial charge is 0.462 e. The van der Waals surface area contributed by atoms with E-state index in [4.69, 9.17) is 4.42 Å². The van der Waals surface area contributed by atoms with Crippen molar-refractivity contribution in [1.82, 2.24) is 4.90 Å². The number of carbonyl (C=O) groups is 1. The molecule has 1 amide bonds. The van der Waals surface area contributed by atoms with Crippen LogP contribution in [0.5, 0.6) is 0 Å². The van der Waals surface area contributed by atoms with Gasteiger partial charge in [-0.3, -0.25) is 4.79 Å². The summed E-state index contributed by atoms with van der Waals surface area (Å²) < 4.78 is 5.38. The van der Waals surface area contributed by atoms with E-state index in [1.807, 2.05) is 19.1 Å². The maximum Gasteiger partial charge on any atom is 0.246 e. The molecule has 1 N–H and O–H groups in total. The summed E-state index contributed by atoms with van der Waals surface area (Å²) in [5, 5.41) is 9.94. The van der Waals surface area contributed by atoms with Crippen molar-refractivity contribution >= 4 is 12.0 Å². The number of nitrogens with zero attached hydrogens (tertiary/aromatic N) is 1. The van der Waals surface area contributed by atoms with E-state index in [0.717, 1.165) is 31.4 Å². The maximum atomic E-state index is 12.0. The third-order valence-corrected chi connectivity index (χ3v) is 3.90. The summed E-state index contributed by atoms with van der Waals surface area (Å²) >= 11 is 0. The molecular formula is C16H23NO3. The fourth-order valence-corrected chi connectivity index (χ4v) is 2.67. The second kappa shape index (κ2) is 6.75. The van der Waals surface area contributed by atoms with Gasteiger partial charge in [-0.25, -0.2) is 0 Å². The highest BCUT2D eigenvalue weighted by Crippen LogP contribution is 2.24. The highest BCUT2D eigenvalue weighted by Gasteiger charge is 2.24. The summed E-state index contributed by atoms with van der Waals surface area (Å²) in [5.74, 6) is 1.66. The van der Waals surface area contributed by atoms with Crippen LogP contribution in [0.4, 0.5) is 0 Å². The number of carbonyl (C=O) groups excluding carboxylic acids is 1. The molecule has 1 saturated carbocycles. The van der Waals surface area contributed by atoms with Gasteiger partial charge >= 0.3 is 0 Å². The van der Waals surface area contributed by atoms with E-state index < -0.39 is 0 Å². The fourth-order valence-electron chi connectivity index (χ4n) is 2.67. The normalized spacial score (nSPS) is 23.1. The molecule has 2 rings (SSSR count). The van der Waals surface area contributed by atoms with E-state index in [0.29, 0.717) is 12.3 Å². The first-order valence-electron chi connectivity index (χ1n) is 7.24. The van der Waals surface area contributed by atoms with Crippen molar-refractivity contribution in [3.63, 3.8) is 0 Å². The van der Waals surface area contributed by atoms with Gasteiger partial charge in [-0.1, -0.05) is 12.8 Å². The first-order valence-corrected chi connectivity index (χ1v) is 7.24. The molecule has 1 aliphatic carbocycles. The number of hydrogen-bond acceptors (Lipinski definition) is 3. The number of amides is 1. The minimum atomic E-state index is -0.268. The highest BCUT2D eigenvalue weighted by atomic mass is 16.3. The summed E-state index contributed by atoms with van der Waals surface area (Å²) in [6.45, 7) is 2.48. The Morgan fingerprint density at radius 1 is 1.45 bits per heavy atom. The Kier molecular flexibility index (Phi) is 5.01. The molecule has 0 radical (unpaired) electrons. The fraction of sp³-hybridized carbons (Fsp3) is 0.562. The van der Waals surface area contributed by atoms with Crippen molar-refractivity contribution < 1.29 is 14.3 Å². The summed E-state index contributed by atoms with van der Waals surface area (Å²) in [6.07, 6.45) is 7.03. The van der Waals surface area contributed by atoms with Crippen LogP contribution in [0, 0.1) is 12.8 Å². The van der Waals surface area contributed by atoms with Crippen molar-refractivity contribution in [3.8, 4) is 0 Å². The van der Waals surface area contributed by atoms with Gasteiger partial charge in [0, 0.05) is 25.6 Å².